The van der Waals surface area contributed by atoms with Crippen molar-refractivity contribution in [2.75, 3.05) is 18.8 Å². The molecule has 7 heteroatoms. The van der Waals surface area contributed by atoms with Gasteiger partial charge in [-0.05, 0) is 30.9 Å². The van der Waals surface area contributed by atoms with Crippen molar-refractivity contribution in [3.05, 3.63) is 24.5 Å². The monoisotopic (exact) mass is 331 g/mol. The number of piperidine rings is 1. The minimum Gasteiger partial charge on any atom is -0.342 e. The highest BCUT2D eigenvalue weighted by atomic mass is 32.2. The van der Waals surface area contributed by atoms with Gasteiger partial charge in [-0.15, -0.1) is 10.2 Å². The summed E-state index contributed by atoms with van der Waals surface area (Å²) in [7, 11) is 1.91. The molecule has 23 heavy (non-hydrogen) atoms. The molecule has 0 aromatic carbocycles. The van der Waals surface area contributed by atoms with Gasteiger partial charge < -0.3 is 9.47 Å². The molecule has 1 aliphatic heterocycles. The van der Waals surface area contributed by atoms with Gasteiger partial charge in [0, 0.05) is 38.1 Å². The van der Waals surface area contributed by atoms with Crippen LogP contribution in [0.15, 0.2) is 29.7 Å². The molecular weight excluding hydrogens is 310 g/mol. The minimum atomic E-state index is 0.187. The molecule has 1 fully saturated rings. The fourth-order valence-corrected chi connectivity index (χ4v) is 3.63. The number of hydrogen-bond donors (Lipinski definition) is 0. The summed E-state index contributed by atoms with van der Waals surface area (Å²) in [4.78, 5) is 18.4. The molecule has 3 heterocycles. The Morgan fingerprint density at radius 2 is 2.30 bits per heavy atom. The maximum absolute atomic E-state index is 12.3. The van der Waals surface area contributed by atoms with Crippen molar-refractivity contribution in [2.24, 2.45) is 13.0 Å². The standard InChI is InChI=1S/C16H21N5OS/c1-12-5-4-8-21(10-12)14(22)11-23-16-19-18-15(20(16)2)13-6-3-7-17-9-13/h3,6-7,9,12H,4-5,8,10-11H2,1-2H3. The van der Waals surface area contributed by atoms with E-state index in [0.717, 1.165) is 36.1 Å². The Bertz CT molecular complexity index is 672. The molecule has 3 rings (SSSR count). The molecule has 2 aromatic heterocycles. The first-order chi connectivity index (χ1) is 11.1. The van der Waals surface area contributed by atoms with Crippen molar-refractivity contribution in [2.45, 2.75) is 24.9 Å². The second kappa shape index (κ2) is 7.12. The van der Waals surface area contributed by atoms with E-state index in [-0.39, 0.29) is 5.91 Å². The Balaban J connectivity index is 1.63. The molecule has 1 saturated heterocycles. The van der Waals surface area contributed by atoms with Crippen molar-refractivity contribution in [1.29, 1.82) is 0 Å². The molecular formula is C16H21N5OS. The summed E-state index contributed by atoms with van der Waals surface area (Å²) >= 11 is 1.44. The molecule has 1 unspecified atom stereocenters. The third kappa shape index (κ3) is 3.72. The van der Waals surface area contributed by atoms with Gasteiger partial charge in [-0.3, -0.25) is 9.78 Å². The fraction of sp³-hybridized carbons (Fsp3) is 0.500. The highest BCUT2D eigenvalue weighted by Crippen LogP contribution is 2.23. The Kier molecular flexibility index (Phi) is 4.95. The van der Waals surface area contributed by atoms with Gasteiger partial charge in [0.05, 0.1) is 5.75 Å². The van der Waals surface area contributed by atoms with Crippen molar-refractivity contribution in [3.63, 3.8) is 0 Å². The van der Waals surface area contributed by atoms with Crippen LogP contribution in [0.3, 0.4) is 0 Å². The van der Waals surface area contributed by atoms with Crippen molar-refractivity contribution in [1.82, 2.24) is 24.6 Å². The molecule has 122 valence electrons. The first-order valence-corrected chi connectivity index (χ1v) is 8.84. The van der Waals surface area contributed by atoms with Crippen LogP contribution in [0.2, 0.25) is 0 Å². The smallest absolute Gasteiger partial charge is 0.233 e. The highest BCUT2D eigenvalue weighted by molar-refractivity contribution is 7.99. The van der Waals surface area contributed by atoms with Crippen molar-refractivity contribution < 1.29 is 4.79 Å². The molecule has 1 aliphatic rings. The number of hydrogen-bond acceptors (Lipinski definition) is 5. The number of pyridine rings is 1. The second-order valence-electron chi connectivity index (χ2n) is 5.98. The zero-order valence-electron chi connectivity index (χ0n) is 13.5. The van der Waals surface area contributed by atoms with Crippen LogP contribution in [0.1, 0.15) is 19.8 Å². The van der Waals surface area contributed by atoms with Crippen LogP contribution in [0.5, 0.6) is 0 Å². The van der Waals surface area contributed by atoms with E-state index < -0.39 is 0 Å². The number of carbonyl (C=O) groups is 1. The van der Waals surface area contributed by atoms with Gasteiger partial charge in [0.25, 0.3) is 0 Å². The molecule has 6 nitrogen and oxygen atoms in total. The molecule has 1 amide bonds. The lowest BCUT2D eigenvalue weighted by Gasteiger charge is -2.30. The molecule has 0 spiro atoms. The molecule has 0 N–H and O–H groups in total. The number of rotatable bonds is 4. The van der Waals surface area contributed by atoms with E-state index in [1.807, 2.05) is 28.6 Å². The summed E-state index contributed by atoms with van der Waals surface area (Å²) in [6.45, 7) is 3.96. The predicted octanol–water partition coefficient (Wildman–Crippen LogP) is 2.23. The highest BCUT2D eigenvalue weighted by Gasteiger charge is 2.21. The molecule has 1 atom stereocenters. The van der Waals surface area contributed by atoms with Gasteiger partial charge in [0.1, 0.15) is 0 Å². The average Bonchev–Trinajstić information content (AvgIpc) is 2.94. The van der Waals surface area contributed by atoms with Crippen LogP contribution >= 0.6 is 11.8 Å². The van der Waals surface area contributed by atoms with Crippen molar-refractivity contribution in [3.8, 4) is 11.4 Å². The van der Waals surface area contributed by atoms with Crippen LogP contribution in [0.4, 0.5) is 0 Å². The van der Waals surface area contributed by atoms with E-state index in [1.54, 1.807) is 12.4 Å². The number of nitrogens with zero attached hydrogens (tertiary/aromatic N) is 5. The summed E-state index contributed by atoms with van der Waals surface area (Å²) in [5.41, 5.74) is 0.922. The second-order valence-corrected chi connectivity index (χ2v) is 6.93. The van der Waals surface area contributed by atoms with Crippen LogP contribution < -0.4 is 0 Å². The normalized spacial score (nSPS) is 18.2. The van der Waals surface area contributed by atoms with E-state index in [1.165, 1.54) is 18.2 Å². The molecule has 2 aromatic rings. The summed E-state index contributed by atoms with van der Waals surface area (Å²) in [5, 5.41) is 9.17. The van der Waals surface area contributed by atoms with E-state index in [2.05, 4.69) is 22.1 Å². The first-order valence-electron chi connectivity index (χ1n) is 7.85. The summed E-state index contributed by atoms with van der Waals surface area (Å²) in [5.74, 6) is 1.96. The maximum atomic E-state index is 12.3. The first kappa shape index (κ1) is 16.0. The molecule has 0 aliphatic carbocycles. The summed E-state index contributed by atoms with van der Waals surface area (Å²) in [6, 6.07) is 3.82. The number of thioether (sulfide) groups is 1. The van der Waals surface area contributed by atoms with Gasteiger partial charge in [-0.1, -0.05) is 18.7 Å². The number of carbonyl (C=O) groups excluding carboxylic acids is 1. The van der Waals surface area contributed by atoms with Crippen molar-refractivity contribution >= 4 is 17.7 Å². The number of amides is 1. The van der Waals surface area contributed by atoms with Gasteiger partial charge in [-0.25, -0.2) is 0 Å². The quantitative estimate of drug-likeness (QED) is 0.804. The summed E-state index contributed by atoms with van der Waals surface area (Å²) in [6.07, 6.45) is 5.81. The Morgan fingerprint density at radius 1 is 1.43 bits per heavy atom. The van der Waals surface area contributed by atoms with Gasteiger partial charge >= 0.3 is 0 Å². The zero-order valence-corrected chi connectivity index (χ0v) is 14.3. The average molecular weight is 331 g/mol. The Morgan fingerprint density at radius 3 is 3.04 bits per heavy atom. The lowest BCUT2D eigenvalue weighted by atomic mass is 10.0. The van der Waals surface area contributed by atoms with E-state index in [4.69, 9.17) is 0 Å². The van der Waals surface area contributed by atoms with E-state index >= 15 is 0 Å². The molecule has 0 radical (unpaired) electrons. The topological polar surface area (TPSA) is 63.9 Å². The van der Waals surface area contributed by atoms with Crippen LogP contribution in [0.25, 0.3) is 11.4 Å². The van der Waals surface area contributed by atoms with Gasteiger partial charge in [0.2, 0.25) is 5.91 Å². The van der Waals surface area contributed by atoms with Crippen LogP contribution in [0, 0.1) is 5.92 Å². The minimum absolute atomic E-state index is 0.187. The predicted molar refractivity (Wildman–Crippen MR) is 89.9 cm³/mol. The lowest BCUT2D eigenvalue weighted by Crippen LogP contribution is -2.40. The Hall–Kier alpha value is -1.89. The van der Waals surface area contributed by atoms with E-state index in [0.29, 0.717) is 11.7 Å². The number of aromatic nitrogens is 4. The largest absolute Gasteiger partial charge is 0.342 e. The van der Waals surface area contributed by atoms with Crippen LogP contribution in [-0.4, -0.2) is 49.4 Å². The molecule has 0 saturated carbocycles. The van der Waals surface area contributed by atoms with Gasteiger partial charge in [-0.2, -0.15) is 0 Å². The maximum Gasteiger partial charge on any atom is 0.233 e. The van der Waals surface area contributed by atoms with Crippen LogP contribution in [-0.2, 0) is 11.8 Å². The number of likely N-dealkylation sites (tertiary alicyclic amines) is 1. The van der Waals surface area contributed by atoms with E-state index in [9.17, 15) is 4.79 Å². The lowest BCUT2D eigenvalue weighted by molar-refractivity contribution is -0.130. The van der Waals surface area contributed by atoms with Gasteiger partial charge in [0.15, 0.2) is 11.0 Å². The molecule has 0 bridgehead atoms. The Labute approximate surface area is 140 Å². The third-order valence-corrected chi connectivity index (χ3v) is 5.09. The fourth-order valence-electron chi connectivity index (χ4n) is 2.82. The zero-order chi connectivity index (χ0) is 16.2. The third-order valence-electron chi connectivity index (χ3n) is 4.09. The SMILES string of the molecule is CC1CCCN(C(=O)CSc2nnc(-c3cccnc3)n2C)C1. The summed E-state index contributed by atoms with van der Waals surface area (Å²) < 4.78 is 1.91.